The van der Waals surface area contributed by atoms with E-state index >= 15 is 0 Å². The zero-order chi connectivity index (χ0) is 18.2. The third kappa shape index (κ3) is 5.91. The molecule has 1 heterocycles. The van der Waals surface area contributed by atoms with Crippen LogP contribution in [0.15, 0.2) is 53.6 Å². The number of allylic oxidation sites excluding steroid dienone is 2. The molecule has 2 N–H and O–H groups in total. The fourth-order valence-electron chi connectivity index (χ4n) is 3.23. The van der Waals surface area contributed by atoms with Gasteiger partial charge in [0, 0.05) is 6.32 Å². The predicted molar refractivity (Wildman–Crippen MR) is 105 cm³/mol. The summed E-state index contributed by atoms with van der Waals surface area (Å²) in [6.07, 6.45) is 9.36. The Morgan fingerprint density at radius 2 is 2.16 bits per heavy atom. The monoisotopic (exact) mass is 340 g/mol. The van der Waals surface area contributed by atoms with Crippen molar-refractivity contribution < 1.29 is 14.8 Å². The largest absolute Gasteiger partial charge is 0.508 e. The second kappa shape index (κ2) is 9.64. The van der Waals surface area contributed by atoms with E-state index in [0.29, 0.717) is 6.32 Å². The van der Waals surface area contributed by atoms with E-state index < -0.39 is 7.12 Å². The van der Waals surface area contributed by atoms with Crippen LogP contribution >= 0.6 is 0 Å². The number of benzene rings is 1. The Balaban J connectivity index is 2.10. The SMILES string of the molecule is C=C(CC)C1=CCB(O)OC1CC/C(=C/c1cccc(O)c1)CCC. The maximum atomic E-state index is 9.85. The van der Waals surface area contributed by atoms with Gasteiger partial charge in [0.2, 0.25) is 0 Å². The van der Waals surface area contributed by atoms with Gasteiger partial charge in [0.15, 0.2) is 0 Å². The van der Waals surface area contributed by atoms with Crippen LogP contribution in [0.1, 0.15) is 51.5 Å². The van der Waals surface area contributed by atoms with Crippen molar-refractivity contribution in [2.75, 3.05) is 0 Å². The van der Waals surface area contributed by atoms with Crippen molar-refractivity contribution in [3.63, 3.8) is 0 Å². The Hall–Kier alpha value is -1.78. The zero-order valence-electron chi connectivity index (χ0n) is 15.4. The molecule has 0 spiro atoms. The van der Waals surface area contributed by atoms with Gasteiger partial charge >= 0.3 is 7.12 Å². The highest BCUT2D eigenvalue weighted by Gasteiger charge is 2.27. The van der Waals surface area contributed by atoms with Crippen molar-refractivity contribution in [3.05, 3.63) is 59.2 Å². The van der Waals surface area contributed by atoms with Crippen LogP contribution in [0.25, 0.3) is 6.08 Å². The molecule has 4 heteroatoms. The van der Waals surface area contributed by atoms with Gasteiger partial charge in [-0.2, -0.15) is 0 Å². The molecule has 0 aliphatic carbocycles. The van der Waals surface area contributed by atoms with Gasteiger partial charge in [-0.15, -0.1) is 0 Å². The number of phenols is 1. The lowest BCUT2D eigenvalue weighted by Gasteiger charge is -2.28. The number of phenolic OH excluding ortho intramolecular Hbond substituents is 1. The fraction of sp³-hybridized carbons (Fsp3) is 0.429. The first-order valence-electron chi connectivity index (χ1n) is 9.23. The van der Waals surface area contributed by atoms with E-state index in [1.54, 1.807) is 12.1 Å². The van der Waals surface area contributed by atoms with Crippen molar-refractivity contribution in [1.82, 2.24) is 0 Å². The van der Waals surface area contributed by atoms with Crippen LogP contribution in [0.5, 0.6) is 5.75 Å². The molecule has 1 aromatic carbocycles. The minimum Gasteiger partial charge on any atom is -0.508 e. The highest BCUT2D eigenvalue weighted by Crippen LogP contribution is 2.29. The molecule has 0 amide bonds. The van der Waals surface area contributed by atoms with Gasteiger partial charge in [0.1, 0.15) is 5.75 Å². The Kier molecular flexibility index (Phi) is 7.54. The molecular weight excluding hydrogens is 311 g/mol. The van der Waals surface area contributed by atoms with E-state index in [0.717, 1.165) is 48.8 Å². The molecule has 1 aromatic rings. The smallest absolute Gasteiger partial charge is 0.458 e. The van der Waals surface area contributed by atoms with Crippen LogP contribution < -0.4 is 0 Å². The van der Waals surface area contributed by atoms with Crippen LogP contribution in [0.4, 0.5) is 0 Å². The first-order chi connectivity index (χ1) is 12.0. The molecule has 2 rings (SSSR count). The second-order valence-electron chi connectivity index (χ2n) is 6.62. The van der Waals surface area contributed by atoms with Crippen LogP contribution in [0.2, 0.25) is 6.32 Å². The molecular formula is C21H29BO3. The molecule has 1 aliphatic heterocycles. The van der Waals surface area contributed by atoms with Gasteiger partial charge in [0.05, 0.1) is 6.10 Å². The average molecular weight is 340 g/mol. The molecule has 1 atom stereocenters. The summed E-state index contributed by atoms with van der Waals surface area (Å²) in [5.74, 6) is 0.285. The fourth-order valence-corrected chi connectivity index (χ4v) is 3.23. The molecule has 0 saturated carbocycles. The first-order valence-corrected chi connectivity index (χ1v) is 9.23. The molecule has 1 aliphatic rings. The summed E-state index contributed by atoms with van der Waals surface area (Å²) < 4.78 is 5.78. The molecule has 25 heavy (non-hydrogen) atoms. The number of hydrogen-bond acceptors (Lipinski definition) is 3. The van der Waals surface area contributed by atoms with Crippen molar-refractivity contribution >= 4 is 13.2 Å². The Bertz CT molecular complexity index is 648. The maximum absolute atomic E-state index is 9.85. The maximum Gasteiger partial charge on any atom is 0.458 e. The summed E-state index contributed by atoms with van der Waals surface area (Å²) in [7, 11) is -0.719. The van der Waals surface area contributed by atoms with E-state index in [-0.39, 0.29) is 11.9 Å². The van der Waals surface area contributed by atoms with Crippen LogP contribution in [0.3, 0.4) is 0 Å². The van der Waals surface area contributed by atoms with Crippen LogP contribution in [-0.4, -0.2) is 23.4 Å². The lowest BCUT2D eigenvalue weighted by atomic mass is 9.77. The van der Waals surface area contributed by atoms with Crippen molar-refractivity contribution in [3.8, 4) is 5.75 Å². The van der Waals surface area contributed by atoms with Crippen molar-refractivity contribution in [1.29, 1.82) is 0 Å². The van der Waals surface area contributed by atoms with Gasteiger partial charge in [-0.3, -0.25) is 0 Å². The molecule has 134 valence electrons. The summed E-state index contributed by atoms with van der Waals surface area (Å²) in [5, 5.41) is 19.5. The summed E-state index contributed by atoms with van der Waals surface area (Å²) in [4.78, 5) is 0. The van der Waals surface area contributed by atoms with E-state index in [1.165, 1.54) is 5.57 Å². The first kappa shape index (κ1) is 19.5. The number of hydrogen-bond donors (Lipinski definition) is 2. The molecule has 0 saturated heterocycles. The molecule has 0 radical (unpaired) electrons. The summed E-state index contributed by atoms with van der Waals surface area (Å²) in [5.41, 5.74) is 4.58. The van der Waals surface area contributed by atoms with E-state index in [4.69, 9.17) is 4.65 Å². The number of aromatic hydroxyl groups is 1. The molecule has 3 nitrogen and oxygen atoms in total. The number of rotatable bonds is 8. The van der Waals surface area contributed by atoms with E-state index in [9.17, 15) is 10.1 Å². The second-order valence-corrected chi connectivity index (χ2v) is 6.62. The van der Waals surface area contributed by atoms with Gasteiger partial charge in [-0.25, -0.2) is 0 Å². The van der Waals surface area contributed by atoms with Gasteiger partial charge < -0.3 is 14.8 Å². The Morgan fingerprint density at radius 3 is 2.84 bits per heavy atom. The Morgan fingerprint density at radius 1 is 1.36 bits per heavy atom. The van der Waals surface area contributed by atoms with Gasteiger partial charge in [-0.05, 0) is 49.0 Å². The summed E-state index contributed by atoms with van der Waals surface area (Å²) in [6.45, 7) is 8.40. The third-order valence-electron chi connectivity index (χ3n) is 4.58. The minimum atomic E-state index is -0.719. The molecule has 0 fully saturated rings. The van der Waals surface area contributed by atoms with Crippen molar-refractivity contribution in [2.45, 2.75) is 58.4 Å². The predicted octanol–water partition coefficient (Wildman–Crippen LogP) is 5.13. The van der Waals surface area contributed by atoms with Crippen LogP contribution in [-0.2, 0) is 4.65 Å². The summed E-state index contributed by atoms with van der Waals surface area (Å²) in [6, 6.07) is 7.32. The standard InChI is InChI=1S/C21H29BO3/c1-4-7-17(14-18-8-6-9-19(23)15-18)10-11-21-20(16(3)5-2)12-13-22(24)25-21/h6,8-9,12,14-15,21,23-24H,3-5,7,10-11,13H2,1-2H3/b17-14+. The normalized spacial score (nSPS) is 18.2. The quantitative estimate of drug-likeness (QED) is 0.645. The van der Waals surface area contributed by atoms with Gasteiger partial charge in [-0.1, -0.05) is 62.3 Å². The van der Waals surface area contributed by atoms with Gasteiger partial charge in [0.25, 0.3) is 0 Å². The van der Waals surface area contributed by atoms with Crippen LogP contribution in [0, 0.1) is 0 Å². The molecule has 1 unspecified atom stereocenters. The highest BCUT2D eigenvalue weighted by atomic mass is 16.5. The summed E-state index contributed by atoms with van der Waals surface area (Å²) >= 11 is 0. The third-order valence-corrected chi connectivity index (χ3v) is 4.58. The minimum absolute atomic E-state index is 0.0966. The lowest BCUT2D eigenvalue weighted by Crippen LogP contribution is -2.31. The topological polar surface area (TPSA) is 49.7 Å². The average Bonchev–Trinajstić information content (AvgIpc) is 2.59. The van der Waals surface area contributed by atoms with E-state index in [1.807, 2.05) is 12.1 Å². The lowest BCUT2D eigenvalue weighted by molar-refractivity contribution is 0.182. The molecule has 0 aromatic heterocycles. The molecule has 0 bridgehead atoms. The van der Waals surface area contributed by atoms with Crippen molar-refractivity contribution in [2.24, 2.45) is 0 Å². The zero-order valence-corrected chi connectivity index (χ0v) is 15.4. The van der Waals surface area contributed by atoms with E-state index in [2.05, 4.69) is 32.6 Å². The highest BCUT2D eigenvalue weighted by molar-refractivity contribution is 6.43. The Labute approximate surface area is 151 Å².